The summed E-state index contributed by atoms with van der Waals surface area (Å²) in [6.45, 7) is 6.31. The summed E-state index contributed by atoms with van der Waals surface area (Å²) in [6.07, 6.45) is 2.15. The minimum atomic E-state index is 0. The number of hydrogen-bond acceptors (Lipinski definition) is 1. The van der Waals surface area contributed by atoms with E-state index in [0.29, 0.717) is 0 Å². The molecule has 0 aromatic heterocycles. The Hall–Kier alpha value is 0.250. The van der Waals surface area contributed by atoms with Crippen LogP contribution in [0.15, 0.2) is 0 Å². The summed E-state index contributed by atoms with van der Waals surface area (Å²) in [5.41, 5.74) is 5.80. The van der Waals surface area contributed by atoms with Crippen molar-refractivity contribution in [2.45, 2.75) is 39.2 Å². The van der Waals surface area contributed by atoms with Gasteiger partial charge in [-0.3, -0.25) is 0 Å². The molecule has 0 aromatic rings. The maximum Gasteiger partial charge on any atom is 0.0120 e. The van der Waals surface area contributed by atoms with E-state index in [4.69, 9.17) is 5.73 Å². The lowest BCUT2D eigenvalue weighted by Crippen LogP contribution is -2.33. The molecule has 0 atom stereocenters. The average molecular weight is 138 g/mol. The number of rotatable bonds is 2. The predicted molar refractivity (Wildman–Crippen MR) is 40.4 cm³/mol. The Morgan fingerprint density at radius 3 is 1.50 bits per heavy atom. The zero-order chi connectivity index (χ0) is 5.91. The van der Waals surface area contributed by atoms with Gasteiger partial charge in [0.05, 0.1) is 0 Å². The fourth-order valence-corrected chi connectivity index (χ4v) is 0.250. The summed E-state index contributed by atoms with van der Waals surface area (Å²) in [5.74, 6) is 0. The van der Waals surface area contributed by atoms with Gasteiger partial charge in [-0.25, -0.2) is 0 Å². The molecular formula is C6H16ClN. The zero-order valence-corrected chi connectivity index (χ0v) is 6.72. The van der Waals surface area contributed by atoms with Gasteiger partial charge in [-0.15, -0.1) is 12.4 Å². The van der Waals surface area contributed by atoms with Crippen LogP contribution >= 0.6 is 12.4 Å². The Bertz CT molecular complexity index is 46.5. The van der Waals surface area contributed by atoms with Crippen LogP contribution in [0.4, 0.5) is 0 Å². The molecule has 0 aliphatic carbocycles. The summed E-state index contributed by atoms with van der Waals surface area (Å²) in [7, 11) is 0. The van der Waals surface area contributed by atoms with Crippen molar-refractivity contribution >= 4 is 12.4 Å². The zero-order valence-electron chi connectivity index (χ0n) is 5.90. The van der Waals surface area contributed by atoms with E-state index in [9.17, 15) is 0 Å². The third-order valence-electron chi connectivity index (χ3n) is 1.62. The van der Waals surface area contributed by atoms with E-state index < -0.39 is 0 Å². The average Bonchev–Trinajstić information content (AvgIpc) is 1.68. The second-order valence-electron chi connectivity index (χ2n) is 2.36. The van der Waals surface area contributed by atoms with Gasteiger partial charge in [0, 0.05) is 5.54 Å². The van der Waals surface area contributed by atoms with Crippen molar-refractivity contribution in [2.24, 2.45) is 5.73 Å². The Balaban J connectivity index is 0. The highest BCUT2D eigenvalue weighted by Crippen LogP contribution is 2.07. The minimum absolute atomic E-state index is 0. The Kier molecular flexibility index (Phi) is 5.77. The van der Waals surface area contributed by atoms with Gasteiger partial charge in [0.1, 0.15) is 0 Å². The van der Waals surface area contributed by atoms with Gasteiger partial charge in [-0.2, -0.15) is 0 Å². The third-order valence-corrected chi connectivity index (χ3v) is 1.62. The summed E-state index contributed by atoms with van der Waals surface area (Å²) in [5, 5.41) is 0. The molecule has 1 nitrogen and oxygen atoms in total. The molecule has 0 aliphatic rings. The summed E-state index contributed by atoms with van der Waals surface area (Å²) in [4.78, 5) is 0. The van der Waals surface area contributed by atoms with E-state index >= 15 is 0 Å². The van der Waals surface area contributed by atoms with Crippen LogP contribution in [0.2, 0.25) is 0 Å². The predicted octanol–water partition coefficient (Wildman–Crippen LogP) is 1.95. The van der Waals surface area contributed by atoms with Crippen molar-refractivity contribution in [1.82, 2.24) is 0 Å². The quantitative estimate of drug-likeness (QED) is 0.619. The molecule has 0 heterocycles. The van der Waals surface area contributed by atoms with Crippen molar-refractivity contribution in [3.05, 3.63) is 0 Å². The van der Waals surface area contributed by atoms with Crippen molar-refractivity contribution in [3.8, 4) is 0 Å². The van der Waals surface area contributed by atoms with E-state index in [1.165, 1.54) is 0 Å². The highest BCUT2D eigenvalue weighted by Gasteiger charge is 2.10. The van der Waals surface area contributed by atoms with Crippen LogP contribution < -0.4 is 5.73 Å². The SMILES string of the molecule is CCC(C)(N)CC.Cl. The van der Waals surface area contributed by atoms with Crippen LogP contribution in [0.1, 0.15) is 33.6 Å². The molecule has 0 spiro atoms. The first-order chi connectivity index (χ1) is 3.12. The third kappa shape index (κ3) is 4.41. The topological polar surface area (TPSA) is 26.0 Å². The lowest BCUT2D eigenvalue weighted by Gasteiger charge is -2.18. The molecule has 2 N–H and O–H groups in total. The Labute approximate surface area is 58.1 Å². The van der Waals surface area contributed by atoms with Gasteiger partial charge < -0.3 is 5.73 Å². The molecule has 2 heteroatoms. The molecular weight excluding hydrogens is 122 g/mol. The normalized spacial score (nSPS) is 10.5. The fourth-order valence-electron chi connectivity index (χ4n) is 0.250. The molecule has 52 valence electrons. The van der Waals surface area contributed by atoms with Gasteiger partial charge in [-0.05, 0) is 19.8 Å². The first-order valence-corrected chi connectivity index (χ1v) is 2.91. The van der Waals surface area contributed by atoms with Crippen molar-refractivity contribution in [1.29, 1.82) is 0 Å². The molecule has 0 radical (unpaired) electrons. The molecule has 0 fully saturated rings. The van der Waals surface area contributed by atoms with Crippen LogP contribution in [0.5, 0.6) is 0 Å². The number of halogens is 1. The van der Waals surface area contributed by atoms with E-state index in [1.807, 2.05) is 0 Å². The Morgan fingerprint density at radius 2 is 1.50 bits per heavy atom. The van der Waals surface area contributed by atoms with Gasteiger partial charge in [0.15, 0.2) is 0 Å². The Morgan fingerprint density at radius 1 is 1.25 bits per heavy atom. The van der Waals surface area contributed by atoms with E-state index in [2.05, 4.69) is 20.8 Å². The fraction of sp³-hybridized carbons (Fsp3) is 1.00. The largest absolute Gasteiger partial charge is 0.325 e. The summed E-state index contributed by atoms with van der Waals surface area (Å²) >= 11 is 0. The van der Waals surface area contributed by atoms with Crippen LogP contribution in [0.25, 0.3) is 0 Å². The van der Waals surface area contributed by atoms with Crippen LogP contribution in [0, 0.1) is 0 Å². The van der Waals surface area contributed by atoms with Crippen LogP contribution in [-0.2, 0) is 0 Å². The standard InChI is InChI=1S/C6H15N.ClH/c1-4-6(3,7)5-2;/h4-5,7H2,1-3H3;1H. The monoisotopic (exact) mass is 137 g/mol. The smallest absolute Gasteiger partial charge is 0.0120 e. The molecule has 0 rings (SSSR count). The van der Waals surface area contributed by atoms with Crippen molar-refractivity contribution in [3.63, 3.8) is 0 Å². The molecule has 8 heavy (non-hydrogen) atoms. The highest BCUT2D eigenvalue weighted by atomic mass is 35.5. The van der Waals surface area contributed by atoms with Crippen molar-refractivity contribution in [2.75, 3.05) is 0 Å². The van der Waals surface area contributed by atoms with Crippen molar-refractivity contribution < 1.29 is 0 Å². The second-order valence-corrected chi connectivity index (χ2v) is 2.36. The molecule has 0 unspecified atom stereocenters. The number of nitrogens with two attached hydrogens (primary N) is 1. The maximum atomic E-state index is 5.72. The lowest BCUT2D eigenvalue weighted by atomic mass is 9.98. The highest BCUT2D eigenvalue weighted by molar-refractivity contribution is 5.85. The molecule has 0 saturated carbocycles. The van der Waals surface area contributed by atoms with Crippen LogP contribution in [0.3, 0.4) is 0 Å². The maximum absolute atomic E-state index is 5.72. The molecule has 0 bridgehead atoms. The summed E-state index contributed by atoms with van der Waals surface area (Å²) < 4.78 is 0. The molecule has 0 amide bonds. The first-order valence-electron chi connectivity index (χ1n) is 2.91. The van der Waals surface area contributed by atoms with Gasteiger partial charge >= 0.3 is 0 Å². The molecule has 0 aliphatic heterocycles. The lowest BCUT2D eigenvalue weighted by molar-refractivity contribution is 0.437. The molecule has 0 aromatic carbocycles. The minimum Gasteiger partial charge on any atom is -0.325 e. The molecule has 0 saturated heterocycles. The van der Waals surface area contributed by atoms with Gasteiger partial charge in [0.25, 0.3) is 0 Å². The van der Waals surface area contributed by atoms with E-state index in [-0.39, 0.29) is 17.9 Å². The number of hydrogen-bond donors (Lipinski definition) is 1. The van der Waals surface area contributed by atoms with Gasteiger partial charge in [0.2, 0.25) is 0 Å². The van der Waals surface area contributed by atoms with Gasteiger partial charge in [-0.1, -0.05) is 13.8 Å². The van der Waals surface area contributed by atoms with Crippen LogP contribution in [-0.4, -0.2) is 5.54 Å². The second kappa shape index (κ2) is 4.16. The van der Waals surface area contributed by atoms with E-state index in [0.717, 1.165) is 12.8 Å². The summed E-state index contributed by atoms with van der Waals surface area (Å²) in [6, 6.07) is 0. The van der Waals surface area contributed by atoms with E-state index in [1.54, 1.807) is 0 Å². The first kappa shape index (κ1) is 11.1.